The monoisotopic (exact) mass is 208 g/mol. The molecular formula is C12H16O3. The van der Waals surface area contributed by atoms with E-state index in [0.29, 0.717) is 12.0 Å². The van der Waals surface area contributed by atoms with E-state index in [2.05, 4.69) is 6.92 Å². The minimum absolute atomic E-state index is 0.0695. The molecule has 1 saturated heterocycles. The van der Waals surface area contributed by atoms with Crippen molar-refractivity contribution in [1.29, 1.82) is 0 Å². The van der Waals surface area contributed by atoms with Crippen molar-refractivity contribution >= 4 is 6.29 Å². The van der Waals surface area contributed by atoms with Gasteiger partial charge in [0.15, 0.2) is 0 Å². The second kappa shape index (κ2) is 3.49. The third-order valence-corrected chi connectivity index (χ3v) is 3.40. The van der Waals surface area contributed by atoms with Gasteiger partial charge in [0.2, 0.25) is 0 Å². The van der Waals surface area contributed by atoms with E-state index in [9.17, 15) is 9.90 Å². The van der Waals surface area contributed by atoms with Crippen molar-refractivity contribution in [3.8, 4) is 0 Å². The first kappa shape index (κ1) is 10.4. The topological polar surface area (TPSA) is 46.5 Å². The lowest BCUT2D eigenvalue weighted by atomic mass is 9.78. The van der Waals surface area contributed by atoms with Gasteiger partial charge in [-0.25, -0.2) is 0 Å². The minimum atomic E-state index is -0.997. The van der Waals surface area contributed by atoms with Gasteiger partial charge in [0.05, 0.1) is 0 Å². The number of aldehydes is 1. The molecule has 1 fully saturated rings. The minimum Gasteiger partial charge on any atom is -0.487 e. The lowest BCUT2D eigenvalue weighted by molar-refractivity contribution is -0.104. The predicted octanol–water partition coefficient (Wildman–Crippen LogP) is 1.58. The first-order valence-corrected chi connectivity index (χ1v) is 5.28. The van der Waals surface area contributed by atoms with Crippen LogP contribution < -0.4 is 0 Å². The fourth-order valence-corrected chi connectivity index (χ4v) is 2.46. The molecule has 0 bridgehead atoms. The molecule has 1 N–H and O–H groups in total. The molecular weight excluding hydrogens is 192 g/mol. The molecule has 0 amide bonds. The van der Waals surface area contributed by atoms with Crippen LogP contribution in [0, 0.1) is 5.92 Å². The van der Waals surface area contributed by atoms with Gasteiger partial charge in [-0.2, -0.15) is 0 Å². The largest absolute Gasteiger partial charge is 0.487 e. The molecule has 82 valence electrons. The van der Waals surface area contributed by atoms with Crippen LogP contribution in [0.25, 0.3) is 0 Å². The van der Waals surface area contributed by atoms with Crippen molar-refractivity contribution in [1.82, 2.24) is 0 Å². The summed E-state index contributed by atoms with van der Waals surface area (Å²) >= 11 is 0. The second-order valence-corrected chi connectivity index (χ2v) is 4.56. The van der Waals surface area contributed by atoms with Crippen molar-refractivity contribution < 1.29 is 14.6 Å². The first-order chi connectivity index (χ1) is 7.05. The van der Waals surface area contributed by atoms with E-state index in [-0.39, 0.29) is 12.0 Å². The molecule has 3 atom stereocenters. The Morgan fingerprint density at radius 3 is 3.07 bits per heavy atom. The van der Waals surface area contributed by atoms with Gasteiger partial charge in [-0.3, -0.25) is 4.79 Å². The Morgan fingerprint density at radius 2 is 2.40 bits per heavy atom. The maximum Gasteiger partial charge on any atom is 0.146 e. The Kier molecular flexibility index (Phi) is 2.43. The fourth-order valence-electron chi connectivity index (χ4n) is 2.46. The molecule has 1 heterocycles. The number of allylic oxidation sites excluding steroid dienone is 2. The number of fused-ring (bicyclic) bond motifs is 1. The zero-order valence-electron chi connectivity index (χ0n) is 9.06. The van der Waals surface area contributed by atoms with Gasteiger partial charge >= 0.3 is 0 Å². The maximum atomic E-state index is 10.4. The smallest absolute Gasteiger partial charge is 0.146 e. The number of hydrogen-bond acceptors (Lipinski definition) is 3. The molecule has 2 rings (SSSR count). The van der Waals surface area contributed by atoms with Crippen molar-refractivity contribution in [2.45, 2.75) is 38.4 Å². The molecule has 1 aliphatic carbocycles. The van der Waals surface area contributed by atoms with Crippen LogP contribution in [0.5, 0.6) is 0 Å². The molecule has 3 nitrogen and oxygen atoms in total. The number of carbonyl (C=O) groups excluding carboxylic acids is 1. The Hall–Kier alpha value is -1.09. The highest BCUT2D eigenvalue weighted by atomic mass is 16.5. The number of ether oxygens (including phenoxy) is 1. The molecule has 3 heteroatoms. The Morgan fingerprint density at radius 1 is 1.67 bits per heavy atom. The number of carbonyl (C=O) groups is 1. The Labute approximate surface area is 89.4 Å². The van der Waals surface area contributed by atoms with Gasteiger partial charge in [0, 0.05) is 12.0 Å². The zero-order valence-corrected chi connectivity index (χ0v) is 9.06. The summed E-state index contributed by atoms with van der Waals surface area (Å²) < 4.78 is 5.59. The standard InChI is InChI=1S/C12H16O3/c1-8-3-4-9-10(7-8)15-11(5-6-13)12(9,2)14/h5-7,9-10,14H,3-4H2,1-2H3/b11-5-/t9-,10+,12-/m1/s1. The van der Waals surface area contributed by atoms with E-state index in [4.69, 9.17) is 4.74 Å². The van der Waals surface area contributed by atoms with Crippen molar-refractivity contribution in [2.75, 3.05) is 0 Å². The fraction of sp³-hybridized carbons (Fsp3) is 0.583. The van der Waals surface area contributed by atoms with Crippen LogP contribution >= 0.6 is 0 Å². The summed E-state index contributed by atoms with van der Waals surface area (Å²) in [7, 11) is 0. The van der Waals surface area contributed by atoms with Crippen LogP contribution in [0.3, 0.4) is 0 Å². The van der Waals surface area contributed by atoms with E-state index in [0.717, 1.165) is 12.8 Å². The summed E-state index contributed by atoms with van der Waals surface area (Å²) in [5.41, 5.74) is 0.294. The average Bonchev–Trinajstić information content (AvgIpc) is 2.39. The average molecular weight is 208 g/mol. The van der Waals surface area contributed by atoms with Gasteiger partial charge in [-0.1, -0.05) is 5.57 Å². The lowest BCUT2D eigenvalue weighted by Crippen LogP contribution is -2.35. The molecule has 0 spiro atoms. The summed E-state index contributed by atoms with van der Waals surface area (Å²) in [6.07, 6.45) is 5.87. The zero-order chi connectivity index (χ0) is 11.1. The van der Waals surface area contributed by atoms with Crippen LogP contribution in [-0.2, 0) is 9.53 Å². The van der Waals surface area contributed by atoms with Gasteiger partial charge in [-0.15, -0.1) is 0 Å². The molecule has 0 aromatic carbocycles. The van der Waals surface area contributed by atoms with Crippen molar-refractivity contribution in [3.63, 3.8) is 0 Å². The quantitative estimate of drug-likeness (QED) is 0.404. The van der Waals surface area contributed by atoms with Crippen molar-refractivity contribution in [2.24, 2.45) is 5.92 Å². The predicted molar refractivity (Wildman–Crippen MR) is 56.1 cm³/mol. The summed E-state index contributed by atoms with van der Waals surface area (Å²) in [4.78, 5) is 10.4. The second-order valence-electron chi connectivity index (χ2n) is 4.56. The van der Waals surface area contributed by atoms with Crippen LogP contribution in [0.15, 0.2) is 23.5 Å². The van der Waals surface area contributed by atoms with Crippen molar-refractivity contribution in [3.05, 3.63) is 23.5 Å². The number of hydrogen-bond donors (Lipinski definition) is 1. The summed E-state index contributed by atoms with van der Waals surface area (Å²) in [5, 5.41) is 10.3. The molecule has 0 saturated carbocycles. The maximum absolute atomic E-state index is 10.4. The molecule has 0 aromatic rings. The number of rotatable bonds is 1. The van der Waals surface area contributed by atoms with Gasteiger partial charge < -0.3 is 9.84 Å². The summed E-state index contributed by atoms with van der Waals surface area (Å²) in [5.74, 6) is 0.478. The van der Waals surface area contributed by atoms with Gasteiger partial charge in [0.1, 0.15) is 23.8 Å². The highest BCUT2D eigenvalue weighted by Gasteiger charge is 2.49. The normalized spacial score (nSPS) is 42.1. The first-order valence-electron chi connectivity index (χ1n) is 5.28. The van der Waals surface area contributed by atoms with Crippen LogP contribution in [0.4, 0.5) is 0 Å². The van der Waals surface area contributed by atoms with E-state index in [1.807, 2.05) is 6.08 Å². The highest BCUT2D eigenvalue weighted by molar-refractivity contribution is 5.66. The molecule has 0 unspecified atom stereocenters. The Balaban J connectivity index is 2.33. The molecule has 2 aliphatic rings. The molecule has 15 heavy (non-hydrogen) atoms. The van der Waals surface area contributed by atoms with E-state index in [1.54, 1.807) is 6.92 Å². The third-order valence-electron chi connectivity index (χ3n) is 3.40. The highest BCUT2D eigenvalue weighted by Crippen LogP contribution is 2.44. The molecule has 0 radical (unpaired) electrons. The Bertz CT molecular complexity index is 339. The van der Waals surface area contributed by atoms with E-state index in [1.165, 1.54) is 11.6 Å². The van der Waals surface area contributed by atoms with Crippen LogP contribution in [0.1, 0.15) is 26.7 Å². The molecule has 1 aliphatic heterocycles. The summed E-state index contributed by atoms with van der Waals surface area (Å²) in [6, 6.07) is 0. The SMILES string of the molecule is CC1=C[C@@H]2O/C(=C\C=O)[C@](C)(O)[C@@H]2CC1. The van der Waals surface area contributed by atoms with Crippen LogP contribution in [0.2, 0.25) is 0 Å². The lowest BCUT2D eigenvalue weighted by Gasteiger charge is -2.27. The number of aliphatic hydroxyl groups is 1. The summed E-state index contributed by atoms with van der Waals surface area (Å²) in [6.45, 7) is 3.79. The van der Waals surface area contributed by atoms with Gasteiger partial charge in [0.25, 0.3) is 0 Å². The van der Waals surface area contributed by atoms with Crippen LogP contribution in [-0.4, -0.2) is 23.1 Å². The molecule has 0 aromatic heterocycles. The third kappa shape index (κ3) is 1.61. The van der Waals surface area contributed by atoms with Gasteiger partial charge in [-0.05, 0) is 32.8 Å². The van der Waals surface area contributed by atoms with E-state index >= 15 is 0 Å². The van der Waals surface area contributed by atoms with E-state index < -0.39 is 5.60 Å².